The van der Waals surface area contributed by atoms with E-state index in [1.807, 2.05) is 0 Å². The molecule has 1 aliphatic rings. The fraction of sp³-hybridized carbons (Fsp3) is 0.333. The molecular weight excluding hydrogens is 361 g/mol. The molecule has 1 N–H and O–H groups in total. The van der Waals surface area contributed by atoms with Gasteiger partial charge in [0, 0.05) is 24.1 Å². The summed E-state index contributed by atoms with van der Waals surface area (Å²) in [6.45, 7) is 2.18. The molecule has 0 aliphatic carbocycles. The van der Waals surface area contributed by atoms with Gasteiger partial charge in [0.05, 0.1) is 29.2 Å². The van der Waals surface area contributed by atoms with Gasteiger partial charge in [-0.2, -0.15) is 9.78 Å². The molecule has 1 aromatic carbocycles. The molecule has 0 spiro atoms. The lowest BCUT2D eigenvalue weighted by Crippen LogP contribution is -2.24. The van der Waals surface area contributed by atoms with Crippen LogP contribution in [0.1, 0.15) is 6.42 Å². The summed E-state index contributed by atoms with van der Waals surface area (Å²) >= 11 is 18.2. The average Bonchev–Trinajstić information content (AvgIpc) is 3.03. The van der Waals surface area contributed by atoms with E-state index in [1.165, 1.54) is 6.20 Å². The number of nitrogens with zero attached hydrogens (tertiary/aromatic N) is 2. The normalized spacial score (nSPS) is 17.4. The molecule has 2 aromatic rings. The first-order valence-electron chi connectivity index (χ1n) is 7.11. The molecule has 8 heteroatoms. The van der Waals surface area contributed by atoms with Gasteiger partial charge in [-0.05, 0) is 24.6 Å². The van der Waals surface area contributed by atoms with Crippen molar-refractivity contribution in [3.05, 3.63) is 49.8 Å². The first-order chi connectivity index (χ1) is 11.1. The largest absolute Gasteiger partial charge is 0.382 e. The molecule has 23 heavy (non-hydrogen) atoms. The highest BCUT2D eigenvalue weighted by Gasteiger charge is 2.17. The smallest absolute Gasteiger partial charge is 0.292 e. The van der Waals surface area contributed by atoms with Gasteiger partial charge < -0.3 is 10.1 Å². The number of aromatic nitrogens is 2. The zero-order chi connectivity index (χ0) is 16.4. The van der Waals surface area contributed by atoms with Crippen molar-refractivity contribution in [2.24, 2.45) is 5.92 Å². The minimum atomic E-state index is -0.441. The number of halogens is 3. The Labute approximate surface area is 148 Å². The molecule has 0 radical (unpaired) electrons. The predicted octanol–water partition coefficient (Wildman–Crippen LogP) is 3.64. The van der Waals surface area contributed by atoms with Crippen LogP contribution in [-0.4, -0.2) is 29.5 Å². The lowest BCUT2D eigenvalue weighted by molar-refractivity contribution is 0.187. The third-order valence-corrected chi connectivity index (χ3v) is 4.57. The van der Waals surface area contributed by atoms with Gasteiger partial charge in [-0.15, -0.1) is 0 Å². The summed E-state index contributed by atoms with van der Waals surface area (Å²) in [4.78, 5) is 12.4. The molecule has 0 bridgehead atoms. The maximum Gasteiger partial charge on any atom is 0.292 e. The molecule has 1 atom stereocenters. The molecule has 122 valence electrons. The minimum absolute atomic E-state index is 0.0740. The Kier molecular flexibility index (Phi) is 5.11. The molecule has 1 saturated heterocycles. The summed E-state index contributed by atoms with van der Waals surface area (Å²) in [5.74, 6) is 0.416. The van der Waals surface area contributed by atoms with E-state index in [9.17, 15) is 4.79 Å². The van der Waals surface area contributed by atoms with Crippen LogP contribution in [0.4, 0.5) is 5.69 Å². The number of rotatable bonds is 4. The van der Waals surface area contributed by atoms with Gasteiger partial charge in [-0.25, -0.2) is 0 Å². The van der Waals surface area contributed by atoms with E-state index in [1.54, 1.807) is 18.2 Å². The van der Waals surface area contributed by atoms with Crippen molar-refractivity contribution < 1.29 is 4.74 Å². The maximum absolute atomic E-state index is 12.4. The van der Waals surface area contributed by atoms with Crippen molar-refractivity contribution in [1.82, 2.24) is 9.78 Å². The van der Waals surface area contributed by atoms with Crippen LogP contribution in [0.5, 0.6) is 0 Å². The Morgan fingerprint density at radius 2 is 2.17 bits per heavy atom. The zero-order valence-electron chi connectivity index (χ0n) is 12.1. The summed E-state index contributed by atoms with van der Waals surface area (Å²) in [6, 6.07) is 4.81. The SMILES string of the molecule is O=c1c(Cl)c(NC[C@H]2CCOC2)cnn1-c1ccc(Cl)cc1Cl. The van der Waals surface area contributed by atoms with Crippen LogP contribution in [-0.2, 0) is 4.74 Å². The first-order valence-corrected chi connectivity index (χ1v) is 8.24. The van der Waals surface area contributed by atoms with E-state index in [4.69, 9.17) is 39.5 Å². The van der Waals surface area contributed by atoms with Crippen molar-refractivity contribution in [2.75, 3.05) is 25.1 Å². The molecule has 3 rings (SSSR count). The van der Waals surface area contributed by atoms with Crippen molar-refractivity contribution in [1.29, 1.82) is 0 Å². The van der Waals surface area contributed by atoms with Crippen LogP contribution >= 0.6 is 34.8 Å². The van der Waals surface area contributed by atoms with E-state index >= 15 is 0 Å². The lowest BCUT2D eigenvalue weighted by Gasteiger charge is -2.13. The lowest BCUT2D eigenvalue weighted by atomic mass is 10.1. The van der Waals surface area contributed by atoms with Gasteiger partial charge in [0.25, 0.3) is 5.56 Å². The monoisotopic (exact) mass is 373 g/mol. The molecule has 1 aliphatic heterocycles. The van der Waals surface area contributed by atoms with Gasteiger partial charge >= 0.3 is 0 Å². The average molecular weight is 375 g/mol. The minimum Gasteiger partial charge on any atom is -0.382 e. The van der Waals surface area contributed by atoms with Crippen LogP contribution in [0.25, 0.3) is 5.69 Å². The number of anilines is 1. The number of hydrogen-bond acceptors (Lipinski definition) is 4. The zero-order valence-corrected chi connectivity index (χ0v) is 14.3. The number of nitrogens with one attached hydrogen (secondary N) is 1. The van der Waals surface area contributed by atoms with Gasteiger partial charge in [0.2, 0.25) is 0 Å². The molecule has 5 nitrogen and oxygen atoms in total. The van der Waals surface area contributed by atoms with Crippen LogP contribution in [0.3, 0.4) is 0 Å². The van der Waals surface area contributed by atoms with E-state index in [2.05, 4.69) is 10.4 Å². The Bertz CT molecular complexity index is 773. The second kappa shape index (κ2) is 7.09. The standard InChI is InChI=1S/C15H14Cl3N3O2/c16-10-1-2-13(11(17)5-10)21-15(22)14(18)12(7-20-21)19-6-9-3-4-23-8-9/h1-2,5,7,9,19H,3-4,6,8H2/t9-/m1/s1. The Hall–Kier alpha value is -1.27. The molecule has 1 aromatic heterocycles. The quantitative estimate of drug-likeness (QED) is 0.887. The third kappa shape index (κ3) is 3.63. The van der Waals surface area contributed by atoms with Crippen LogP contribution in [0.15, 0.2) is 29.2 Å². The highest BCUT2D eigenvalue weighted by atomic mass is 35.5. The summed E-state index contributed by atoms with van der Waals surface area (Å²) in [6.07, 6.45) is 2.51. The number of ether oxygens (including phenoxy) is 1. The summed E-state index contributed by atoms with van der Waals surface area (Å²) in [5, 5.41) is 8.18. The Morgan fingerprint density at radius 1 is 1.35 bits per heavy atom. The van der Waals surface area contributed by atoms with Crippen LogP contribution in [0, 0.1) is 5.92 Å². The van der Waals surface area contributed by atoms with E-state index in [0.29, 0.717) is 33.9 Å². The van der Waals surface area contributed by atoms with Gasteiger partial charge in [0.15, 0.2) is 0 Å². The fourth-order valence-corrected chi connectivity index (χ4v) is 3.06. The number of hydrogen-bond donors (Lipinski definition) is 1. The van der Waals surface area contributed by atoms with E-state index in [-0.39, 0.29) is 5.02 Å². The Balaban J connectivity index is 1.86. The van der Waals surface area contributed by atoms with Crippen LogP contribution in [0.2, 0.25) is 15.1 Å². The van der Waals surface area contributed by atoms with Gasteiger partial charge in [-0.3, -0.25) is 4.79 Å². The second-order valence-corrected chi connectivity index (χ2v) is 6.52. The van der Waals surface area contributed by atoms with Crippen LogP contribution < -0.4 is 10.9 Å². The van der Waals surface area contributed by atoms with Crippen molar-refractivity contribution in [3.8, 4) is 5.69 Å². The van der Waals surface area contributed by atoms with Crippen molar-refractivity contribution in [3.63, 3.8) is 0 Å². The summed E-state index contributed by atoms with van der Waals surface area (Å²) in [5.41, 5.74) is 0.493. The highest BCUT2D eigenvalue weighted by molar-refractivity contribution is 6.36. The van der Waals surface area contributed by atoms with Gasteiger partial charge in [-0.1, -0.05) is 34.8 Å². The Morgan fingerprint density at radius 3 is 2.87 bits per heavy atom. The first kappa shape index (κ1) is 16.6. The van der Waals surface area contributed by atoms with Crippen molar-refractivity contribution in [2.45, 2.75) is 6.42 Å². The molecule has 1 fully saturated rings. The second-order valence-electron chi connectivity index (χ2n) is 5.30. The molecule has 0 unspecified atom stereocenters. The fourth-order valence-electron chi connectivity index (χ4n) is 2.38. The molecule has 0 saturated carbocycles. The van der Waals surface area contributed by atoms with E-state index < -0.39 is 5.56 Å². The number of benzene rings is 1. The third-order valence-electron chi connectivity index (χ3n) is 3.66. The summed E-state index contributed by atoms with van der Waals surface area (Å²) in [7, 11) is 0. The summed E-state index contributed by atoms with van der Waals surface area (Å²) < 4.78 is 6.48. The highest BCUT2D eigenvalue weighted by Crippen LogP contribution is 2.24. The van der Waals surface area contributed by atoms with Gasteiger partial charge in [0.1, 0.15) is 5.02 Å². The molecular formula is C15H14Cl3N3O2. The predicted molar refractivity (Wildman–Crippen MR) is 92.3 cm³/mol. The molecule has 0 amide bonds. The topological polar surface area (TPSA) is 56.1 Å². The van der Waals surface area contributed by atoms with Crippen molar-refractivity contribution >= 4 is 40.5 Å². The molecule has 2 heterocycles. The maximum atomic E-state index is 12.4. The van der Waals surface area contributed by atoms with E-state index in [0.717, 1.165) is 24.3 Å².